The first-order valence-corrected chi connectivity index (χ1v) is 8.16. The van der Waals surface area contributed by atoms with E-state index >= 15 is 0 Å². The van der Waals surface area contributed by atoms with Crippen LogP contribution in [0.4, 0.5) is 0 Å². The lowest BCUT2D eigenvalue weighted by molar-refractivity contribution is 0.477. The van der Waals surface area contributed by atoms with Crippen LogP contribution in [0.2, 0.25) is 10.0 Å². The normalized spacial score (nSPS) is 13.8. The summed E-state index contributed by atoms with van der Waals surface area (Å²) in [5, 5.41) is 9.45. The van der Waals surface area contributed by atoms with Gasteiger partial charge in [-0.15, -0.1) is 0 Å². The summed E-state index contributed by atoms with van der Waals surface area (Å²) < 4.78 is 2.06. The maximum atomic E-state index is 6.43. The van der Waals surface area contributed by atoms with E-state index in [1.54, 1.807) is 18.5 Å². The Morgan fingerprint density at radius 1 is 1.09 bits per heavy atom. The lowest BCUT2D eigenvalue weighted by Crippen LogP contribution is -2.28. The number of fused-ring (bicyclic) bond motifs is 1. The van der Waals surface area contributed by atoms with Crippen molar-refractivity contribution in [1.82, 2.24) is 20.1 Å². The molecule has 0 aliphatic carbocycles. The monoisotopic (exact) mass is 344 g/mol. The van der Waals surface area contributed by atoms with Crippen molar-refractivity contribution < 1.29 is 0 Å². The van der Waals surface area contributed by atoms with Crippen molar-refractivity contribution in [2.75, 3.05) is 6.54 Å². The average molecular weight is 345 g/mol. The molecule has 1 aromatic carbocycles. The van der Waals surface area contributed by atoms with Gasteiger partial charge in [-0.25, -0.2) is 0 Å². The molecule has 1 aliphatic heterocycles. The van der Waals surface area contributed by atoms with Crippen LogP contribution in [-0.4, -0.2) is 21.3 Å². The number of rotatable bonds is 2. The van der Waals surface area contributed by atoms with Gasteiger partial charge in [-0.2, -0.15) is 5.10 Å². The van der Waals surface area contributed by atoms with Gasteiger partial charge in [0.15, 0.2) is 0 Å². The molecule has 0 fully saturated rings. The highest BCUT2D eigenvalue weighted by molar-refractivity contribution is 6.36. The van der Waals surface area contributed by atoms with E-state index in [1.165, 1.54) is 5.69 Å². The van der Waals surface area contributed by atoms with Crippen molar-refractivity contribution in [1.29, 1.82) is 0 Å². The van der Waals surface area contributed by atoms with E-state index in [1.807, 2.05) is 24.3 Å². The third-order valence-corrected chi connectivity index (χ3v) is 4.55. The van der Waals surface area contributed by atoms with Crippen molar-refractivity contribution in [2.24, 2.45) is 0 Å². The first kappa shape index (κ1) is 14.7. The number of hydrogen-bond acceptors (Lipinski definition) is 3. The Labute approximate surface area is 144 Å². The summed E-state index contributed by atoms with van der Waals surface area (Å²) in [7, 11) is 0. The van der Waals surface area contributed by atoms with Gasteiger partial charge in [-0.05, 0) is 35.9 Å². The number of pyridine rings is 1. The Bertz CT molecular complexity index is 859. The molecule has 0 spiro atoms. The van der Waals surface area contributed by atoms with Crippen LogP contribution in [0.25, 0.3) is 22.4 Å². The predicted octanol–water partition coefficient (Wildman–Crippen LogP) is 4.02. The summed E-state index contributed by atoms with van der Waals surface area (Å²) in [6.07, 6.45) is 3.59. The van der Waals surface area contributed by atoms with Gasteiger partial charge in [0.25, 0.3) is 0 Å². The minimum Gasteiger partial charge on any atom is -0.309 e. The number of hydrogen-bond donors (Lipinski definition) is 1. The molecule has 0 bridgehead atoms. The lowest BCUT2D eigenvalue weighted by atomic mass is 9.99. The zero-order valence-corrected chi connectivity index (χ0v) is 13.8. The third-order valence-electron chi connectivity index (χ3n) is 4.01. The van der Waals surface area contributed by atoms with E-state index in [-0.39, 0.29) is 0 Å². The van der Waals surface area contributed by atoms with Crippen molar-refractivity contribution in [3.8, 4) is 22.4 Å². The van der Waals surface area contributed by atoms with Gasteiger partial charge in [0.2, 0.25) is 0 Å². The predicted molar refractivity (Wildman–Crippen MR) is 92.6 cm³/mol. The van der Waals surface area contributed by atoms with Gasteiger partial charge in [-0.1, -0.05) is 23.2 Å². The third kappa shape index (κ3) is 2.63. The fourth-order valence-electron chi connectivity index (χ4n) is 2.95. The minimum absolute atomic E-state index is 0.608. The number of nitrogens with one attached hydrogen (secondary N) is 1. The zero-order chi connectivity index (χ0) is 15.8. The van der Waals surface area contributed by atoms with E-state index in [0.29, 0.717) is 10.0 Å². The molecule has 3 aromatic rings. The van der Waals surface area contributed by atoms with E-state index in [4.69, 9.17) is 28.3 Å². The average Bonchev–Trinajstić information content (AvgIpc) is 2.94. The van der Waals surface area contributed by atoms with Gasteiger partial charge in [0.1, 0.15) is 5.69 Å². The van der Waals surface area contributed by atoms with Crippen molar-refractivity contribution in [3.05, 3.63) is 58.5 Å². The molecule has 0 amide bonds. The quantitative estimate of drug-likeness (QED) is 0.763. The number of benzene rings is 1. The maximum Gasteiger partial charge on any atom is 0.102 e. The van der Waals surface area contributed by atoms with Crippen LogP contribution < -0.4 is 5.32 Å². The molecular formula is C17H14Cl2N4. The molecule has 2 aromatic heterocycles. The highest BCUT2D eigenvalue weighted by atomic mass is 35.5. The molecule has 6 heteroatoms. The first-order valence-electron chi connectivity index (χ1n) is 7.40. The van der Waals surface area contributed by atoms with Crippen LogP contribution in [0, 0.1) is 0 Å². The molecule has 116 valence electrons. The molecule has 0 saturated heterocycles. The lowest BCUT2D eigenvalue weighted by Gasteiger charge is -2.16. The highest BCUT2D eigenvalue weighted by Crippen LogP contribution is 2.38. The maximum absolute atomic E-state index is 6.43. The topological polar surface area (TPSA) is 42.7 Å². The number of nitrogens with zero attached hydrogens (tertiary/aromatic N) is 3. The number of aromatic nitrogens is 3. The zero-order valence-electron chi connectivity index (χ0n) is 12.3. The Morgan fingerprint density at radius 2 is 1.91 bits per heavy atom. The largest absolute Gasteiger partial charge is 0.309 e. The van der Waals surface area contributed by atoms with Crippen LogP contribution in [0.5, 0.6) is 0 Å². The smallest absolute Gasteiger partial charge is 0.102 e. The molecule has 0 radical (unpaired) electrons. The van der Waals surface area contributed by atoms with Crippen LogP contribution in [0.15, 0.2) is 42.7 Å². The summed E-state index contributed by atoms with van der Waals surface area (Å²) in [5.41, 5.74) is 5.14. The van der Waals surface area contributed by atoms with Gasteiger partial charge in [0.05, 0.1) is 17.3 Å². The molecule has 1 aliphatic rings. The van der Waals surface area contributed by atoms with E-state index in [9.17, 15) is 0 Å². The molecule has 0 saturated carbocycles. The summed E-state index contributed by atoms with van der Waals surface area (Å²) in [5.74, 6) is 0. The van der Waals surface area contributed by atoms with Crippen LogP contribution >= 0.6 is 23.2 Å². The summed E-state index contributed by atoms with van der Waals surface area (Å²) in [4.78, 5) is 4.11. The van der Waals surface area contributed by atoms with E-state index in [0.717, 1.165) is 42.0 Å². The molecule has 3 heterocycles. The van der Waals surface area contributed by atoms with Crippen molar-refractivity contribution in [3.63, 3.8) is 0 Å². The summed E-state index contributed by atoms with van der Waals surface area (Å²) >= 11 is 12.5. The molecule has 23 heavy (non-hydrogen) atoms. The second kappa shape index (κ2) is 5.96. The van der Waals surface area contributed by atoms with E-state index < -0.39 is 0 Å². The van der Waals surface area contributed by atoms with Crippen LogP contribution in [0.1, 0.15) is 5.69 Å². The van der Waals surface area contributed by atoms with Gasteiger partial charge >= 0.3 is 0 Å². The van der Waals surface area contributed by atoms with Gasteiger partial charge < -0.3 is 5.32 Å². The summed E-state index contributed by atoms with van der Waals surface area (Å²) in [6, 6.07) is 9.53. The molecule has 0 unspecified atom stereocenters. The second-order valence-corrected chi connectivity index (χ2v) is 6.27. The molecular weight excluding hydrogens is 331 g/mol. The number of halogens is 2. The highest BCUT2D eigenvalue weighted by Gasteiger charge is 2.23. The fourth-order valence-corrected chi connectivity index (χ4v) is 3.44. The van der Waals surface area contributed by atoms with Crippen LogP contribution in [-0.2, 0) is 13.1 Å². The Balaban J connectivity index is 1.98. The van der Waals surface area contributed by atoms with Crippen molar-refractivity contribution >= 4 is 23.2 Å². The molecule has 4 rings (SSSR count). The molecule has 1 N–H and O–H groups in total. The standard InChI is InChI=1S/C17H14Cl2N4/c18-12-1-2-13(14(19)9-12)17-16(11-3-5-20-6-4-11)15-10-21-7-8-23(15)22-17/h1-6,9,21H,7-8,10H2. The minimum atomic E-state index is 0.608. The fraction of sp³-hybridized carbons (Fsp3) is 0.176. The van der Waals surface area contributed by atoms with Gasteiger partial charge in [0, 0.05) is 41.6 Å². The van der Waals surface area contributed by atoms with Crippen LogP contribution in [0.3, 0.4) is 0 Å². The Kier molecular flexibility index (Phi) is 3.81. The SMILES string of the molecule is Clc1ccc(-c2nn3c(c2-c2ccncc2)CNCC3)c(Cl)c1. The second-order valence-electron chi connectivity index (χ2n) is 5.43. The summed E-state index contributed by atoms with van der Waals surface area (Å²) in [6.45, 7) is 2.55. The first-order chi connectivity index (χ1) is 11.2. The van der Waals surface area contributed by atoms with Gasteiger partial charge in [-0.3, -0.25) is 9.67 Å². The molecule has 4 nitrogen and oxygen atoms in total. The Hall–Kier alpha value is -1.88. The molecule has 0 atom stereocenters. The Morgan fingerprint density at radius 3 is 2.70 bits per heavy atom. The van der Waals surface area contributed by atoms with E-state index in [2.05, 4.69) is 15.0 Å². The van der Waals surface area contributed by atoms with Crippen molar-refractivity contribution in [2.45, 2.75) is 13.1 Å².